The van der Waals surface area contributed by atoms with Gasteiger partial charge in [-0.1, -0.05) is 11.6 Å². The van der Waals surface area contributed by atoms with Crippen molar-refractivity contribution in [2.45, 2.75) is 25.3 Å². The minimum Gasteiger partial charge on any atom is -0.381 e. The lowest BCUT2D eigenvalue weighted by Gasteiger charge is -2.35. The van der Waals surface area contributed by atoms with Gasteiger partial charge in [0.15, 0.2) is 0 Å². The smallest absolute Gasteiger partial charge is 0.131 e. The summed E-state index contributed by atoms with van der Waals surface area (Å²) in [5, 5.41) is 4.02. The standard InChI is InChI=1S/C11H15ClN2O/c1-11(3-6-15-7-4-11)14-9-2-5-13-10(12)8-9/h2,5,8H,3-4,6-7H2,1H3,(H,13,14). The molecule has 1 aliphatic heterocycles. The van der Waals surface area contributed by atoms with Gasteiger partial charge in [-0.05, 0) is 31.9 Å². The van der Waals surface area contributed by atoms with E-state index in [1.165, 1.54) is 0 Å². The van der Waals surface area contributed by atoms with Crippen LogP contribution in [-0.4, -0.2) is 23.7 Å². The maximum absolute atomic E-state index is 5.83. The first-order chi connectivity index (χ1) is 7.18. The number of halogens is 1. The first-order valence-corrected chi connectivity index (χ1v) is 5.53. The fourth-order valence-electron chi connectivity index (χ4n) is 1.78. The zero-order valence-electron chi connectivity index (χ0n) is 8.79. The van der Waals surface area contributed by atoms with Crippen LogP contribution in [0.25, 0.3) is 0 Å². The molecule has 0 spiro atoms. The van der Waals surface area contributed by atoms with Crippen molar-refractivity contribution in [2.75, 3.05) is 18.5 Å². The van der Waals surface area contributed by atoms with Crippen molar-refractivity contribution in [2.24, 2.45) is 0 Å². The van der Waals surface area contributed by atoms with E-state index in [4.69, 9.17) is 16.3 Å². The van der Waals surface area contributed by atoms with Crippen LogP contribution >= 0.6 is 11.6 Å². The molecule has 82 valence electrons. The number of rotatable bonds is 2. The third kappa shape index (κ3) is 2.83. The average molecular weight is 227 g/mol. The van der Waals surface area contributed by atoms with Crippen molar-refractivity contribution < 1.29 is 4.74 Å². The zero-order valence-corrected chi connectivity index (χ0v) is 9.55. The quantitative estimate of drug-likeness (QED) is 0.788. The van der Waals surface area contributed by atoms with Crippen LogP contribution in [0.4, 0.5) is 5.69 Å². The van der Waals surface area contributed by atoms with Crippen molar-refractivity contribution in [1.29, 1.82) is 0 Å². The lowest BCUT2D eigenvalue weighted by atomic mass is 9.92. The van der Waals surface area contributed by atoms with Crippen LogP contribution in [-0.2, 0) is 4.74 Å². The Morgan fingerprint density at radius 2 is 2.20 bits per heavy atom. The molecule has 1 aromatic heterocycles. The summed E-state index contributed by atoms with van der Waals surface area (Å²) in [6.07, 6.45) is 3.76. The van der Waals surface area contributed by atoms with E-state index in [-0.39, 0.29) is 5.54 Å². The van der Waals surface area contributed by atoms with E-state index in [0.717, 1.165) is 31.7 Å². The second-order valence-corrected chi connectivity index (χ2v) is 4.55. The van der Waals surface area contributed by atoms with E-state index in [2.05, 4.69) is 17.2 Å². The molecule has 2 heterocycles. The minimum atomic E-state index is 0.114. The SMILES string of the molecule is CC1(Nc2ccnc(Cl)c2)CCOCC1. The maximum atomic E-state index is 5.83. The predicted octanol–water partition coefficient (Wildman–Crippen LogP) is 2.72. The molecule has 3 nitrogen and oxygen atoms in total. The molecule has 15 heavy (non-hydrogen) atoms. The molecule has 1 N–H and O–H groups in total. The molecule has 1 aliphatic rings. The highest BCUT2D eigenvalue weighted by molar-refractivity contribution is 6.29. The van der Waals surface area contributed by atoms with E-state index in [1.54, 1.807) is 6.20 Å². The van der Waals surface area contributed by atoms with Gasteiger partial charge in [0.05, 0.1) is 0 Å². The Morgan fingerprint density at radius 3 is 2.87 bits per heavy atom. The normalized spacial score (nSPS) is 19.9. The van der Waals surface area contributed by atoms with Crippen LogP contribution in [0.3, 0.4) is 0 Å². The zero-order chi connectivity index (χ0) is 10.7. The highest BCUT2D eigenvalue weighted by Crippen LogP contribution is 2.25. The number of pyridine rings is 1. The summed E-state index contributed by atoms with van der Waals surface area (Å²) >= 11 is 5.83. The molecule has 1 aromatic rings. The monoisotopic (exact) mass is 226 g/mol. The summed E-state index contributed by atoms with van der Waals surface area (Å²) < 4.78 is 5.35. The molecule has 0 aliphatic carbocycles. The van der Waals surface area contributed by atoms with E-state index >= 15 is 0 Å². The molecule has 0 aromatic carbocycles. The maximum Gasteiger partial charge on any atom is 0.131 e. The predicted molar refractivity (Wildman–Crippen MR) is 61.3 cm³/mol. The molecule has 1 fully saturated rings. The Morgan fingerprint density at radius 1 is 1.47 bits per heavy atom. The Kier molecular flexibility index (Phi) is 3.12. The molecule has 0 saturated carbocycles. The van der Waals surface area contributed by atoms with Gasteiger partial charge in [-0.15, -0.1) is 0 Å². The second kappa shape index (κ2) is 4.37. The summed E-state index contributed by atoms with van der Waals surface area (Å²) in [6, 6.07) is 3.79. The number of hydrogen-bond donors (Lipinski definition) is 1. The summed E-state index contributed by atoms with van der Waals surface area (Å²) in [7, 11) is 0. The van der Waals surface area contributed by atoms with Gasteiger partial charge in [-0.3, -0.25) is 0 Å². The molecular formula is C11H15ClN2O. The number of nitrogens with one attached hydrogen (secondary N) is 1. The first-order valence-electron chi connectivity index (χ1n) is 5.15. The van der Waals surface area contributed by atoms with Crippen molar-refractivity contribution >= 4 is 17.3 Å². The summed E-state index contributed by atoms with van der Waals surface area (Å²) in [5.74, 6) is 0. The molecule has 0 atom stereocenters. The van der Waals surface area contributed by atoms with E-state index < -0.39 is 0 Å². The third-order valence-corrected chi connectivity index (χ3v) is 2.98. The molecule has 4 heteroatoms. The second-order valence-electron chi connectivity index (χ2n) is 4.17. The summed E-state index contributed by atoms with van der Waals surface area (Å²) in [5.41, 5.74) is 1.14. The fourth-order valence-corrected chi connectivity index (χ4v) is 1.95. The van der Waals surface area contributed by atoms with Gasteiger partial charge in [0.25, 0.3) is 0 Å². The van der Waals surface area contributed by atoms with Gasteiger partial charge in [0.1, 0.15) is 5.15 Å². The highest BCUT2D eigenvalue weighted by Gasteiger charge is 2.26. The number of aromatic nitrogens is 1. The van der Waals surface area contributed by atoms with Crippen LogP contribution in [0.15, 0.2) is 18.3 Å². The van der Waals surface area contributed by atoms with E-state index in [0.29, 0.717) is 5.15 Å². The van der Waals surface area contributed by atoms with E-state index in [9.17, 15) is 0 Å². The number of ether oxygens (including phenoxy) is 1. The first kappa shape index (κ1) is 10.7. The van der Waals surface area contributed by atoms with E-state index in [1.807, 2.05) is 12.1 Å². The third-order valence-electron chi connectivity index (χ3n) is 2.77. The van der Waals surface area contributed by atoms with Crippen molar-refractivity contribution in [3.05, 3.63) is 23.5 Å². The summed E-state index contributed by atoms with van der Waals surface area (Å²) in [4.78, 5) is 3.96. The molecule has 1 saturated heterocycles. The molecule has 0 amide bonds. The molecule has 0 unspecified atom stereocenters. The Hall–Kier alpha value is -0.800. The Bertz CT molecular complexity index is 337. The molecule has 2 rings (SSSR count). The molecule has 0 radical (unpaired) electrons. The topological polar surface area (TPSA) is 34.2 Å². The number of nitrogens with zero attached hydrogens (tertiary/aromatic N) is 1. The lowest BCUT2D eigenvalue weighted by molar-refractivity contribution is 0.0658. The van der Waals surface area contributed by atoms with Crippen LogP contribution in [0.1, 0.15) is 19.8 Å². The van der Waals surface area contributed by atoms with Crippen molar-refractivity contribution in [3.8, 4) is 0 Å². The fraction of sp³-hybridized carbons (Fsp3) is 0.545. The van der Waals surface area contributed by atoms with Crippen molar-refractivity contribution in [1.82, 2.24) is 4.98 Å². The summed E-state index contributed by atoms with van der Waals surface area (Å²) in [6.45, 7) is 3.86. The van der Waals surface area contributed by atoms with Gasteiger partial charge < -0.3 is 10.1 Å². The van der Waals surface area contributed by atoms with Crippen LogP contribution in [0, 0.1) is 0 Å². The number of anilines is 1. The van der Waals surface area contributed by atoms with Gasteiger partial charge >= 0.3 is 0 Å². The molecule has 0 bridgehead atoms. The number of hydrogen-bond acceptors (Lipinski definition) is 3. The lowest BCUT2D eigenvalue weighted by Crippen LogP contribution is -2.40. The Balaban J connectivity index is 2.06. The van der Waals surface area contributed by atoms with Crippen LogP contribution in [0.5, 0.6) is 0 Å². The van der Waals surface area contributed by atoms with Crippen LogP contribution in [0.2, 0.25) is 5.15 Å². The Labute approximate surface area is 94.8 Å². The van der Waals surface area contributed by atoms with Crippen molar-refractivity contribution in [3.63, 3.8) is 0 Å². The average Bonchev–Trinajstić information content (AvgIpc) is 2.18. The minimum absolute atomic E-state index is 0.114. The van der Waals surface area contributed by atoms with Gasteiger partial charge in [0.2, 0.25) is 0 Å². The van der Waals surface area contributed by atoms with Gasteiger partial charge in [-0.25, -0.2) is 4.98 Å². The van der Waals surface area contributed by atoms with Crippen LogP contribution < -0.4 is 5.32 Å². The van der Waals surface area contributed by atoms with Gasteiger partial charge in [-0.2, -0.15) is 0 Å². The van der Waals surface area contributed by atoms with Gasteiger partial charge in [0, 0.05) is 30.6 Å². The highest BCUT2D eigenvalue weighted by atomic mass is 35.5. The molecular weight excluding hydrogens is 212 g/mol. The largest absolute Gasteiger partial charge is 0.381 e.